The topological polar surface area (TPSA) is 6.48 Å². The predicted octanol–water partition coefficient (Wildman–Crippen LogP) is 11.1. The number of benzene rings is 5. The fourth-order valence-corrected chi connectivity index (χ4v) is 6.01. The lowest BCUT2D eigenvalue weighted by Gasteiger charge is -2.32. The Bertz CT molecular complexity index is 1490. The number of hydrogen-bond acceptors (Lipinski definition) is 2. The highest BCUT2D eigenvalue weighted by atomic mass is 15.2. The van der Waals surface area contributed by atoms with E-state index in [0.29, 0.717) is 0 Å². The van der Waals surface area contributed by atoms with E-state index in [2.05, 4.69) is 162 Å². The number of aryl methyl sites for hydroxylation is 8. The quantitative estimate of drug-likeness (QED) is 0.218. The lowest BCUT2D eigenvalue weighted by Crippen LogP contribution is -2.16. The molecule has 2 nitrogen and oxygen atoms in total. The van der Waals surface area contributed by atoms with E-state index in [9.17, 15) is 0 Å². The summed E-state index contributed by atoms with van der Waals surface area (Å²) in [4.78, 5) is 4.79. The molecule has 0 amide bonds. The Balaban J connectivity index is 1.67. The SMILES string of the molecule is Cc1ccc(N(c2ccc(C)cc2)c2ccc(N(c3c(C)cc(C)cc3C)c3c(C)cc(C)cc3C)cc2)cc1. The summed E-state index contributed by atoms with van der Waals surface area (Å²) >= 11 is 0. The highest BCUT2D eigenvalue weighted by Gasteiger charge is 2.22. The smallest absolute Gasteiger partial charge is 0.0520 e. The Morgan fingerprint density at radius 1 is 0.300 bits per heavy atom. The van der Waals surface area contributed by atoms with E-state index in [4.69, 9.17) is 0 Å². The first-order valence-electron chi connectivity index (χ1n) is 14.1. The van der Waals surface area contributed by atoms with Crippen LogP contribution in [0, 0.1) is 55.4 Å². The van der Waals surface area contributed by atoms with Gasteiger partial charge in [-0.15, -0.1) is 0 Å². The van der Waals surface area contributed by atoms with Crippen molar-refractivity contribution in [2.45, 2.75) is 55.4 Å². The van der Waals surface area contributed by atoms with E-state index in [1.807, 2.05) is 0 Å². The Labute approximate surface area is 240 Å². The highest BCUT2D eigenvalue weighted by Crippen LogP contribution is 2.44. The van der Waals surface area contributed by atoms with Gasteiger partial charge in [-0.05, 0) is 126 Å². The van der Waals surface area contributed by atoms with Crippen molar-refractivity contribution in [1.82, 2.24) is 0 Å². The second-order valence-corrected chi connectivity index (χ2v) is 11.4. The second kappa shape index (κ2) is 11.1. The van der Waals surface area contributed by atoms with Crippen LogP contribution in [0.25, 0.3) is 0 Å². The van der Waals surface area contributed by atoms with Crippen molar-refractivity contribution in [1.29, 1.82) is 0 Å². The van der Waals surface area contributed by atoms with Crippen LogP contribution >= 0.6 is 0 Å². The molecule has 0 spiro atoms. The van der Waals surface area contributed by atoms with Crippen molar-refractivity contribution in [3.05, 3.63) is 142 Å². The van der Waals surface area contributed by atoms with E-state index < -0.39 is 0 Å². The third-order valence-electron chi connectivity index (χ3n) is 7.67. The van der Waals surface area contributed by atoms with Crippen LogP contribution < -0.4 is 9.80 Å². The van der Waals surface area contributed by atoms with Crippen molar-refractivity contribution in [3.63, 3.8) is 0 Å². The molecule has 0 saturated carbocycles. The number of nitrogens with zero attached hydrogens (tertiary/aromatic N) is 2. The molecule has 0 aromatic heterocycles. The summed E-state index contributed by atoms with van der Waals surface area (Å²) in [6.07, 6.45) is 0. The predicted molar refractivity (Wildman–Crippen MR) is 174 cm³/mol. The summed E-state index contributed by atoms with van der Waals surface area (Å²) in [6, 6.07) is 35.7. The van der Waals surface area contributed by atoms with Crippen LogP contribution in [0.4, 0.5) is 34.1 Å². The van der Waals surface area contributed by atoms with Gasteiger partial charge in [0.15, 0.2) is 0 Å². The molecule has 0 fully saturated rings. The van der Waals surface area contributed by atoms with Gasteiger partial charge in [0.05, 0.1) is 11.4 Å². The van der Waals surface area contributed by atoms with E-state index in [1.165, 1.54) is 55.9 Å². The molecule has 5 aromatic carbocycles. The Morgan fingerprint density at radius 2 is 0.550 bits per heavy atom. The fraction of sp³-hybridized carbons (Fsp3) is 0.211. The van der Waals surface area contributed by atoms with Gasteiger partial charge >= 0.3 is 0 Å². The minimum Gasteiger partial charge on any atom is -0.311 e. The van der Waals surface area contributed by atoms with Crippen LogP contribution in [0.3, 0.4) is 0 Å². The average Bonchev–Trinajstić information content (AvgIpc) is 2.89. The van der Waals surface area contributed by atoms with Crippen LogP contribution in [-0.4, -0.2) is 0 Å². The lowest BCUT2D eigenvalue weighted by molar-refractivity contribution is 1.16. The molecular formula is C38H40N2. The van der Waals surface area contributed by atoms with Crippen molar-refractivity contribution in [2.24, 2.45) is 0 Å². The Hall–Kier alpha value is -4.30. The van der Waals surface area contributed by atoms with Gasteiger partial charge in [-0.2, -0.15) is 0 Å². The molecular weight excluding hydrogens is 484 g/mol. The monoisotopic (exact) mass is 524 g/mol. The minimum atomic E-state index is 1.13. The van der Waals surface area contributed by atoms with Crippen LogP contribution in [0.2, 0.25) is 0 Å². The first-order chi connectivity index (χ1) is 19.1. The molecule has 0 aliphatic heterocycles. The Kier molecular flexibility index (Phi) is 7.54. The maximum atomic E-state index is 2.46. The van der Waals surface area contributed by atoms with Crippen molar-refractivity contribution < 1.29 is 0 Å². The normalized spacial score (nSPS) is 11.0. The zero-order valence-corrected chi connectivity index (χ0v) is 25.1. The molecule has 0 bridgehead atoms. The summed E-state index contributed by atoms with van der Waals surface area (Å²) in [6.45, 7) is 17.5. The van der Waals surface area contributed by atoms with E-state index in [0.717, 1.165) is 22.7 Å². The van der Waals surface area contributed by atoms with Crippen LogP contribution in [-0.2, 0) is 0 Å². The number of hydrogen-bond donors (Lipinski definition) is 0. The Morgan fingerprint density at radius 3 is 0.850 bits per heavy atom. The molecule has 202 valence electrons. The molecule has 0 aliphatic carbocycles. The summed E-state index contributed by atoms with van der Waals surface area (Å²) in [5.74, 6) is 0. The van der Waals surface area contributed by atoms with Gasteiger partial charge in [-0.3, -0.25) is 0 Å². The van der Waals surface area contributed by atoms with Gasteiger partial charge in [0.2, 0.25) is 0 Å². The first kappa shape index (κ1) is 27.3. The zero-order valence-electron chi connectivity index (χ0n) is 25.1. The molecule has 0 radical (unpaired) electrons. The lowest BCUT2D eigenvalue weighted by atomic mass is 9.98. The van der Waals surface area contributed by atoms with Crippen LogP contribution in [0.5, 0.6) is 0 Å². The standard InChI is InChI=1S/C38H40N2/c1-25-9-13-33(14-10-25)39(34-15-11-26(2)12-16-34)35-17-19-36(20-18-35)40(37-29(5)21-27(3)22-30(37)6)38-31(7)23-28(4)24-32(38)8/h9-24H,1-8H3. The number of rotatable bonds is 6. The van der Waals surface area contributed by atoms with Crippen LogP contribution in [0.1, 0.15) is 44.5 Å². The van der Waals surface area contributed by atoms with Crippen molar-refractivity contribution in [3.8, 4) is 0 Å². The van der Waals surface area contributed by atoms with Crippen molar-refractivity contribution in [2.75, 3.05) is 9.80 Å². The molecule has 5 aromatic rings. The maximum absolute atomic E-state index is 2.46. The zero-order chi connectivity index (χ0) is 28.6. The fourth-order valence-electron chi connectivity index (χ4n) is 6.01. The second-order valence-electron chi connectivity index (χ2n) is 11.4. The van der Waals surface area contributed by atoms with Gasteiger partial charge in [-0.25, -0.2) is 0 Å². The minimum absolute atomic E-state index is 1.13. The summed E-state index contributed by atoms with van der Waals surface area (Å²) in [5.41, 5.74) is 17.3. The summed E-state index contributed by atoms with van der Waals surface area (Å²) < 4.78 is 0. The van der Waals surface area contributed by atoms with Crippen molar-refractivity contribution >= 4 is 34.1 Å². The molecule has 0 saturated heterocycles. The van der Waals surface area contributed by atoms with Gasteiger partial charge in [0.25, 0.3) is 0 Å². The molecule has 0 N–H and O–H groups in total. The maximum Gasteiger partial charge on any atom is 0.0520 e. The highest BCUT2D eigenvalue weighted by molar-refractivity contribution is 5.85. The molecule has 0 heterocycles. The van der Waals surface area contributed by atoms with E-state index >= 15 is 0 Å². The van der Waals surface area contributed by atoms with Gasteiger partial charge < -0.3 is 9.80 Å². The molecule has 2 heteroatoms. The van der Waals surface area contributed by atoms with Gasteiger partial charge in [0, 0.05) is 22.7 Å². The molecule has 0 unspecified atom stereocenters. The van der Waals surface area contributed by atoms with Gasteiger partial charge in [0.1, 0.15) is 0 Å². The summed E-state index contributed by atoms with van der Waals surface area (Å²) in [7, 11) is 0. The first-order valence-corrected chi connectivity index (χ1v) is 14.1. The number of anilines is 6. The van der Waals surface area contributed by atoms with E-state index in [-0.39, 0.29) is 0 Å². The van der Waals surface area contributed by atoms with Gasteiger partial charge in [-0.1, -0.05) is 70.8 Å². The molecule has 0 aliphatic rings. The summed E-state index contributed by atoms with van der Waals surface area (Å²) in [5, 5.41) is 0. The molecule has 0 atom stereocenters. The average molecular weight is 525 g/mol. The third kappa shape index (κ3) is 5.40. The molecule has 5 rings (SSSR count). The third-order valence-corrected chi connectivity index (χ3v) is 7.67. The largest absolute Gasteiger partial charge is 0.311 e. The van der Waals surface area contributed by atoms with E-state index in [1.54, 1.807) is 0 Å². The molecule has 40 heavy (non-hydrogen) atoms. The van der Waals surface area contributed by atoms with Crippen LogP contribution in [0.15, 0.2) is 97.1 Å².